The summed E-state index contributed by atoms with van der Waals surface area (Å²) in [7, 11) is 4.64. The first-order chi connectivity index (χ1) is 6.38. The molecule has 0 fully saturated rings. The molecule has 2 rings (SSSR count). The molecule has 3 heteroatoms. The predicted octanol–water partition coefficient (Wildman–Crippen LogP) is 2.41. The molecule has 0 heterocycles. The Morgan fingerprint density at radius 1 is 0.929 bits per heavy atom. The van der Waals surface area contributed by atoms with Gasteiger partial charge in [0, 0.05) is 0 Å². The fourth-order valence-electron chi connectivity index (χ4n) is 1.29. The van der Waals surface area contributed by atoms with Crippen molar-refractivity contribution in [3.05, 3.63) is 55.0 Å². The van der Waals surface area contributed by atoms with Crippen molar-refractivity contribution >= 4 is 60.4 Å². The summed E-state index contributed by atoms with van der Waals surface area (Å²) in [5.41, 5.74) is 1.10. The molecule has 0 bridgehead atoms. The maximum atomic E-state index is 4.64. The molecule has 0 atom stereocenters. The third-order valence-corrected chi connectivity index (χ3v) is 1.88. The van der Waals surface area contributed by atoms with Crippen LogP contribution in [0.4, 0.5) is 0 Å². The van der Waals surface area contributed by atoms with Gasteiger partial charge in [0.25, 0.3) is 0 Å². The van der Waals surface area contributed by atoms with E-state index in [1.54, 1.807) is 0 Å². The first-order valence-electron chi connectivity index (χ1n) is 4.05. The minimum Gasteiger partial charge on any atom is 0.316 e. The van der Waals surface area contributed by atoms with E-state index in [4.69, 9.17) is 0 Å². The molecule has 0 nitrogen and oxygen atoms in total. The van der Waals surface area contributed by atoms with Gasteiger partial charge in [-0.1, -0.05) is 42.5 Å². The molecule has 14 heavy (non-hydrogen) atoms. The Morgan fingerprint density at radius 3 is 2.14 bits per heavy atom. The van der Waals surface area contributed by atoms with Crippen LogP contribution in [-0.4, -0.2) is 39.8 Å². The van der Waals surface area contributed by atoms with Gasteiger partial charge in [0.15, 0.2) is 0 Å². The van der Waals surface area contributed by atoms with Crippen LogP contribution in [0.2, 0.25) is 0 Å². The fourth-order valence-corrected chi connectivity index (χ4v) is 1.29. The van der Waals surface area contributed by atoms with E-state index >= 15 is 0 Å². The van der Waals surface area contributed by atoms with Crippen molar-refractivity contribution in [2.45, 2.75) is 0 Å². The normalized spacial score (nSPS) is 8.57. The summed E-state index contributed by atoms with van der Waals surface area (Å²) in [6.45, 7) is 3.95. The SMILES string of the molecule is [CH2]c1cccc2ccccc12.[Li][Cl].[MgH2]. The summed E-state index contributed by atoms with van der Waals surface area (Å²) < 4.78 is 0. The average Bonchev–Trinajstić information content (AvgIpc) is 2.22. The molecule has 0 aromatic heterocycles. The zero-order valence-electron chi connectivity index (χ0n) is 7.63. The van der Waals surface area contributed by atoms with Crippen LogP contribution < -0.4 is 0 Å². The molecule has 2 aromatic carbocycles. The third kappa shape index (κ3) is 3.49. The van der Waals surface area contributed by atoms with E-state index in [0.29, 0.717) is 0 Å². The van der Waals surface area contributed by atoms with Crippen LogP contribution in [0, 0.1) is 6.92 Å². The van der Waals surface area contributed by atoms with Crippen LogP contribution in [0.15, 0.2) is 42.5 Å². The van der Waals surface area contributed by atoms with Gasteiger partial charge in [0.2, 0.25) is 0 Å². The van der Waals surface area contributed by atoms with Crippen molar-refractivity contribution in [3.8, 4) is 0 Å². The summed E-state index contributed by atoms with van der Waals surface area (Å²) in [4.78, 5) is 0. The minimum atomic E-state index is 0. The topological polar surface area (TPSA) is 0 Å². The molecule has 0 N–H and O–H groups in total. The molecule has 1 radical (unpaired) electrons. The van der Waals surface area contributed by atoms with Gasteiger partial charge in [-0.15, -0.1) is 0 Å². The number of fused-ring (bicyclic) bond motifs is 1. The molecule has 0 unspecified atom stereocenters. The average molecular weight is 210 g/mol. The van der Waals surface area contributed by atoms with Crippen molar-refractivity contribution < 1.29 is 0 Å². The summed E-state index contributed by atoms with van der Waals surface area (Å²) in [5.74, 6) is 0. The molecule has 0 aliphatic rings. The molecule has 0 spiro atoms. The van der Waals surface area contributed by atoms with E-state index in [1.807, 2.05) is 24.3 Å². The van der Waals surface area contributed by atoms with Gasteiger partial charge in [-0.05, 0) is 23.3 Å². The predicted molar refractivity (Wildman–Crippen MR) is 68.6 cm³/mol. The van der Waals surface area contributed by atoms with Crippen molar-refractivity contribution in [1.82, 2.24) is 0 Å². The minimum absolute atomic E-state index is 0. The van der Waals surface area contributed by atoms with Crippen LogP contribution in [0.5, 0.6) is 0 Å². The van der Waals surface area contributed by atoms with Crippen LogP contribution in [0.3, 0.4) is 0 Å². The Balaban J connectivity index is 0.000000531. The van der Waals surface area contributed by atoms with Gasteiger partial charge in [-0.25, -0.2) is 0 Å². The van der Waals surface area contributed by atoms with E-state index in [2.05, 4.69) is 34.9 Å². The molecule has 2 aromatic rings. The number of hydrogen-bond acceptors (Lipinski definition) is 0. The third-order valence-electron chi connectivity index (χ3n) is 1.88. The second kappa shape index (κ2) is 7.62. The number of hydrogen-bond donors (Lipinski definition) is 0. The van der Waals surface area contributed by atoms with E-state index in [0.717, 1.165) is 5.56 Å². The van der Waals surface area contributed by atoms with Crippen molar-refractivity contribution in [3.63, 3.8) is 0 Å². The largest absolute Gasteiger partial charge is 0.316 e. The molecule has 65 valence electrons. The van der Waals surface area contributed by atoms with Gasteiger partial charge in [0.05, 0.1) is 0 Å². The van der Waals surface area contributed by atoms with Crippen molar-refractivity contribution in [1.29, 1.82) is 0 Å². The maximum absolute atomic E-state index is 4.64. The van der Waals surface area contributed by atoms with Gasteiger partial charge >= 0.3 is 49.6 Å². The molecule has 0 amide bonds. The Morgan fingerprint density at radius 2 is 1.50 bits per heavy atom. The second-order valence-electron chi connectivity index (χ2n) is 2.64. The monoisotopic (exact) mass is 209 g/mol. The molecule has 0 aliphatic heterocycles. The fraction of sp³-hybridized carbons (Fsp3) is 0. The van der Waals surface area contributed by atoms with E-state index in [1.165, 1.54) is 27.5 Å². The molecular weight excluding hydrogens is 199 g/mol. The summed E-state index contributed by atoms with van der Waals surface area (Å²) in [5, 5.41) is 2.51. The summed E-state index contributed by atoms with van der Waals surface area (Å²) in [6.07, 6.45) is 0. The zero-order valence-corrected chi connectivity index (χ0v) is 8.38. The molecular formula is C11H11ClLiMg. The molecule has 0 aliphatic carbocycles. The smallest absolute Gasteiger partial charge is 0.316 e. The Labute approximate surface area is 114 Å². The van der Waals surface area contributed by atoms with Crippen LogP contribution in [0.1, 0.15) is 5.56 Å². The van der Waals surface area contributed by atoms with E-state index in [-0.39, 0.29) is 23.1 Å². The van der Waals surface area contributed by atoms with Crippen LogP contribution in [0.25, 0.3) is 10.8 Å². The first kappa shape index (κ1) is 14.4. The quantitative estimate of drug-likeness (QED) is 0.585. The zero-order chi connectivity index (χ0) is 9.68. The Hall–Kier alpha value is 0.354. The Kier molecular flexibility index (Phi) is 7.81. The number of rotatable bonds is 0. The first-order valence-corrected chi connectivity index (χ1v) is 4.81. The molecule has 0 saturated heterocycles. The Bertz CT molecular complexity index is 384. The van der Waals surface area contributed by atoms with E-state index in [9.17, 15) is 0 Å². The maximum Gasteiger partial charge on any atom is 0.316 e. The van der Waals surface area contributed by atoms with Gasteiger partial charge in [-0.2, -0.15) is 0 Å². The van der Waals surface area contributed by atoms with Crippen molar-refractivity contribution in [2.75, 3.05) is 0 Å². The number of benzene rings is 2. The second-order valence-corrected chi connectivity index (χ2v) is 2.64. The summed E-state index contributed by atoms with van der Waals surface area (Å²) >= 11 is 1.47. The van der Waals surface area contributed by atoms with Gasteiger partial charge in [0.1, 0.15) is 0 Å². The van der Waals surface area contributed by atoms with E-state index < -0.39 is 0 Å². The summed E-state index contributed by atoms with van der Waals surface area (Å²) in [6, 6.07) is 14.4. The van der Waals surface area contributed by atoms with Crippen LogP contribution in [-0.2, 0) is 0 Å². The molecule has 0 saturated carbocycles. The van der Waals surface area contributed by atoms with Gasteiger partial charge < -0.3 is 0 Å². The standard InChI is InChI=1S/C11H9.ClH.Li.Mg.2H/c1-9-5-4-7-10-6-2-3-8-11(9)10;;;;;/h2-8H,1H2;1H;;;;/q;;+1;;;/p-1. The van der Waals surface area contributed by atoms with Crippen molar-refractivity contribution in [2.24, 2.45) is 0 Å². The number of halogens is 1. The van der Waals surface area contributed by atoms with Gasteiger partial charge in [-0.3, -0.25) is 0 Å². The van der Waals surface area contributed by atoms with Crippen LogP contribution >= 0.6 is 9.80 Å².